The first kappa shape index (κ1) is 40.7. The van der Waals surface area contributed by atoms with Gasteiger partial charge in [0.2, 0.25) is 17.4 Å². The maximum Gasteiger partial charge on any atom is 0.338 e. The molecule has 13 heteroatoms. The fraction of sp³-hybridized carbons (Fsp3) is 0.571. The number of nitrogens with one attached hydrogen (secondary N) is 2. The van der Waals surface area contributed by atoms with Crippen LogP contribution in [0.1, 0.15) is 54.9 Å². The Bertz CT molecular complexity index is 1360. The molecule has 0 aromatic rings. The van der Waals surface area contributed by atoms with E-state index in [1.165, 1.54) is 26.0 Å². The zero-order valence-electron chi connectivity index (χ0n) is 29.4. The van der Waals surface area contributed by atoms with Crippen LogP contribution in [0.5, 0.6) is 0 Å². The first-order valence-electron chi connectivity index (χ1n) is 15.9. The van der Waals surface area contributed by atoms with E-state index in [9.17, 15) is 34.9 Å². The second-order valence-corrected chi connectivity index (χ2v) is 13.2. The molecule has 2 saturated heterocycles. The minimum atomic E-state index is -1.84. The van der Waals surface area contributed by atoms with Gasteiger partial charge in [-0.3, -0.25) is 9.59 Å². The van der Waals surface area contributed by atoms with Crippen molar-refractivity contribution in [2.24, 2.45) is 17.3 Å². The van der Waals surface area contributed by atoms with Gasteiger partial charge in [0.15, 0.2) is 0 Å². The molecule has 48 heavy (non-hydrogen) atoms. The first-order valence-corrected chi connectivity index (χ1v) is 15.9. The number of methoxy groups -OCH3 is 1. The fourth-order valence-corrected chi connectivity index (χ4v) is 6.00. The van der Waals surface area contributed by atoms with Gasteiger partial charge in [-0.05, 0) is 45.6 Å². The maximum atomic E-state index is 12.9. The number of esters is 1. The molecule has 2 aliphatic rings. The van der Waals surface area contributed by atoms with E-state index in [0.29, 0.717) is 11.1 Å². The van der Waals surface area contributed by atoms with Gasteiger partial charge in [-0.15, -0.1) is 0 Å². The minimum Gasteiger partial charge on any atom is -0.595 e. The van der Waals surface area contributed by atoms with Crippen LogP contribution in [0, 0.1) is 22.5 Å². The van der Waals surface area contributed by atoms with E-state index in [1.807, 2.05) is 0 Å². The molecular formula is C35H53N3O10. The number of carbonyl (C=O) groups is 3. The van der Waals surface area contributed by atoms with Crippen LogP contribution in [0.3, 0.4) is 0 Å². The Hall–Kier alpha value is -3.43. The van der Waals surface area contributed by atoms with Gasteiger partial charge in [0, 0.05) is 33.2 Å². The molecule has 0 aromatic carbocycles. The zero-order valence-corrected chi connectivity index (χ0v) is 29.4. The van der Waals surface area contributed by atoms with E-state index in [0.717, 1.165) is 0 Å². The molecule has 2 rings (SSSR count). The van der Waals surface area contributed by atoms with Crippen molar-refractivity contribution in [3.8, 4) is 0 Å². The number of likely N-dealkylation sites (tertiary alicyclic amines) is 1. The molecule has 6 N–H and O–H groups in total. The van der Waals surface area contributed by atoms with E-state index in [-0.39, 0.29) is 37.1 Å². The third-order valence-corrected chi connectivity index (χ3v) is 9.77. The van der Waals surface area contributed by atoms with Crippen molar-refractivity contribution in [1.82, 2.24) is 10.2 Å². The predicted molar refractivity (Wildman–Crippen MR) is 179 cm³/mol. The van der Waals surface area contributed by atoms with Crippen LogP contribution in [-0.4, -0.2) is 100.0 Å². The third-order valence-electron chi connectivity index (χ3n) is 9.77. The van der Waals surface area contributed by atoms with Crippen molar-refractivity contribution in [2.75, 3.05) is 27.3 Å². The topological polar surface area (TPSA) is 193 Å². The lowest BCUT2D eigenvalue weighted by molar-refractivity contribution is -1.01. The van der Waals surface area contributed by atoms with Crippen molar-refractivity contribution in [1.29, 1.82) is 0 Å². The van der Waals surface area contributed by atoms with E-state index >= 15 is 0 Å². The summed E-state index contributed by atoms with van der Waals surface area (Å²) in [6.07, 6.45) is 12.2. The van der Waals surface area contributed by atoms with Crippen molar-refractivity contribution in [3.05, 3.63) is 76.7 Å². The minimum absolute atomic E-state index is 0.134. The number of likely N-dealkylation sites (N-methyl/N-ethyl adjacent to an activating group) is 1. The molecule has 2 aliphatic heterocycles. The summed E-state index contributed by atoms with van der Waals surface area (Å²) >= 11 is 0. The van der Waals surface area contributed by atoms with Gasteiger partial charge >= 0.3 is 5.97 Å². The summed E-state index contributed by atoms with van der Waals surface area (Å²) < 4.78 is 10.6. The largest absolute Gasteiger partial charge is 0.595 e. The number of carbonyl (C=O) groups excluding carboxylic acids is 3. The lowest BCUT2D eigenvalue weighted by Gasteiger charge is -2.51. The van der Waals surface area contributed by atoms with Crippen LogP contribution in [0.4, 0.5) is 0 Å². The van der Waals surface area contributed by atoms with Gasteiger partial charge in [0.1, 0.15) is 17.9 Å². The van der Waals surface area contributed by atoms with Crippen molar-refractivity contribution < 1.29 is 49.6 Å². The number of amides is 2. The molecule has 0 aromatic heterocycles. The first-order chi connectivity index (χ1) is 22.3. The fourth-order valence-electron chi connectivity index (χ4n) is 6.00. The van der Waals surface area contributed by atoms with Crippen LogP contribution in [-0.2, 0) is 23.9 Å². The van der Waals surface area contributed by atoms with E-state index in [4.69, 9.17) is 14.7 Å². The number of hydroxylamine groups is 2. The summed E-state index contributed by atoms with van der Waals surface area (Å²) in [5.74, 6) is -2.77. The summed E-state index contributed by atoms with van der Waals surface area (Å²) in [6.45, 7) is 11.6. The molecule has 2 heterocycles. The summed E-state index contributed by atoms with van der Waals surface area (Å²) in [6, 6.07) is 0. The summed E-state index contributed by atoms with van der Waals surface area (Å²) in [5, 5.41) is 55.2. The number of allylic oxidation sites excluding steroid dienone is 9. The Morgan fingerprint density at radius 2 is 1.83 bits per heavy atom. The van der Waals surface area contributed by atoms with Crippen molar-refractivity contribution >= 4 is 17.8 Å². The molecule has 0 aliphatic carbocycles. The zero-order chi connectivity index (χ0) is 36.6. The monoisotopic (exact) mass is 675 g/mol. The quantitative estimate of drug-likeness (QED) is 0.0788. The molecule has 8 unspecified atom stereocenters. The van der Waals surface area contributed by atoms with Crippen LogP contribution >= 0.6 is 0 Å². The van der Waals surface area contributed by atoms with Crippen molar-refractivity contribution in [2.45, 2.75) is 84.3 Å². The van der Waals surface area contributed by atoms with E-state index in [1.54, 1.807) is 96.2 Å². The van der Waals surface area contributed by atoms with Crippen LogP contribution in [0.2, 0.25) is 0 Å². The number of quaternary nitrogens is 1. The Kier molecular flexibility index (Phi) is 14.3. The number of ether oxygens (including phenoxy) is 2. The lowest BCUT2D eigenvalue weighted by Crippen LogP contribution is -3.02. The molecule has 2 fully saturated rings. The Morgan fingerprint density at radius 3 is 2.38 bits per heavy atom. The number of rotatable bonds is 16. The summed E-state index contributed by atoms with van der Waals surface area (Å²) in [7, 11) is 2.86. The highest BCUT2D eigenvalue weighted by atomic mass is 16.8. The Balaban J connectivity index is 1.92. The van der Waals surface area contributed by atoms with Crippen LogP contribution in [0.15, 0.2) is 71.5 Å². The number of aliphatic hydroxyl groups is 3. The molecule has 268 valence electrons. The second-order valence-electron chi connectivity index (χ2n) is 13.2. The van der Waals surface area contributed by atoms with Gasteiger partial charge in [0.05, 0.1) is 29.6 Å². The average Bonchev–Trinajstić information content (AvgIpc) is 3.20. The molecule has 8 atom stereocenters. The van der Waals surface area contributed by atoms with Crippen LogP contribution in [0.25, 0.3) is 0 Å². The second kappa shape index (κ2) is 16.8. The number of cyclic esters (lactones) is 1. The average molecular weight is 676 g/mol. The van der Waals surface area contributed by atoms with Gasteiger partial charge in [-0.2, -0.15) is 5.23 Å². The van der Waals surface area contributed by atoms with Crippen molar-refractivity contribution in [3.63, 3.8) is 0 Å². The van der Waals surface area contributed by atoms with Gasteiger partial charge < -0.3 is 40.2 Å². The smallest absolute Gasteiger partial charge is 0.338 e. The van der Waals surface area contributed by atoms with Gasteiger partial charge in [-0.25, -0.2) is 10.0 Å². The molecule has 13 nitrogen and oxygen atoms in total. The lowest BCUT2D eigenvalue weighted by atomic mass is 9.68. The molecule has 1 spiro atoms. The number of hydrogen-bond donors (Lipinski definition) is 6. The van der Waals surface area contributed by atoms with Gasteiger partial charge in [0.25, 0.3) is 0 Å². The van der Waals surface area contributed by atoms with E-state index in [2.05, 4.69) is 5.32 Å². The van der Waals surface area contributed by atoms with Crippen LogP contribution < -0.4 is 10.5 Å². The standard InChI is InChI=1S/C35H53N3O10/c1-22(26(5)38(45)46)16-12-10-13-17-23(2)29(40)33(6,7)31(42)36-19-15-11-14-18-27(39)24(3)20-28(47-9)35(44)25(4)30(41)37(8)34(35)21-48-32(34)43/h10-18,24-25,27-29,38-40,44-45H,19-21H2,1-9H3,(H,36,42). The number of aliphatic hydroxyl groups excluding tert-OH is 2. The Morgan fingerprint density at radius 1 is 1.19 bits per heavy atom. The maximum absolute atomic E-state index is 12.9. The van der Waals surface area contributed by atoms with E-state index < -0.39 is 57.9 Å². The molecular weight excluding hydrogens is 622 g/mol. The predicted octanol–water partition coefficient (Wildman–Crippen LogP) is 1.26. The third kappa shape index (κ3) is 8.23. The number of hydrogen-bond acceptors (Lipinski definition) is 10. The molecule has 0 saturated carbocycles. The number of nitrogens with zero attached hydrogens (tertiary/aromatic N) is 1. The highest BCUT2D eigenvalue weighted by molar-refractivity contribution is 5.99. The molecule has 0 bridgehead atoms. The summed E-state index contributed by atoms with van der Waals surface area (Å²) in [4.78, 5) is 39.4. The highest BCUT2D eigenvalue weighted by Gasteiger charge is 2.77. The summed E-state index contributed by atoms with van der Waals surface area (Å²) in [5.41, 5.74) is -3.07. The normalized spacial score (nSPS) is 27.5. The SMILES string of the molecule is COC(CC(C)C(O)C=CC=CCNC(=O)C(C)(C)C(O)C(C)=CC=CC=CC(C)=C(C)[NH+]([O-])O)C1(O)C(C)C(=O)N(C)C12COC2=O. The molecule has 2 amide bonds. The molecule has 0 radical (unpaired) electrons. The highest BCUT2D eigenvalue weighted by Crippen LogP contribution is 2.51. The van der Waals surface area contributed by atoms with Gasteiger partial charge in [-0.1, -0.05) is 68.5 Å². The Labute approximate surface area is 283 Å².